The average Bonchev–Trinajstić information content (AvgIpc) is 2.55. The van der Waals surface area contributed by atoms with Gasteiger partial charge in [-0.2, -0.15) is 0 Å². The van der Waals surface area contributed by atoms with E-state index in [9.17, 15) is 0 Å². The van der Waals surface area contributed by atoms with E-state index < -0.39 is 0 Å². The van der Waals surface area contributed by atoms with E-state index in [2.05, 4.69) is 20.8 Å². The summed E-state index contributed by atoms with van der Waals surface area (Å²) in [5.74, 6) is 0.775. The van der Waals surface area contributed by atoms with Gasteiger partial charge in [0.15, 0.2) is 5.58 Å². The highest BCUT2D eigenvalue weighted by Gasteiger charge is 2.25. The lowest BCUT2D eigenvalue weighted by Crippen LogP contribution is -2.14. The number of furan rings is 1. The van der Waals surface area contributed by atoms with E-state index in [0.717, 1.165) is 16.7 Å². The highest BCUT2D eigenvalue weighted by atomic mass is 35.5. The van der Waals surface area contributed by atoms with E-state index in [4.69, 9.17) is 33.4 Å². The Bertz CT molecular complexity index is 567. The molecular formula is C13H15Cl2NO. The van der Waals surface area contributed by atoms with Crippen molar-refractivity contribution in [2.24, 2.45) is 5.73 Å². The molecule has 0 atom stereocenters. The largest absolute Gasteiger partial charge is 0.458 e. The highest BCUT2D eigenvalue weighted by molar-refractivity contribution is 6.38. The van der Waals surface area contributed by atoms with Crippen molar-refractivity contribution in [1.82, 2.24) is 0 Å². The maximum atomic E-state index is 6.14. The third-order valence-electron chi connectivity index (χ3n) is 2.72. The van der Waals surface area contributed by atoms with E-state index in [-0.39, 0.29) is 5.41 Å². The summed E-state index contributed by atoms with van der Waals surface area (Å²) in [7, 11) is 0. The summed E-state index contributed by atoms with van der Waals surface area (Å²) in [6, 6.07) is 3.56. The predicted octanol–water partition coefficient (Wildman–Crippen LogP) is 4.50. The molecule has 0 bridgehead atoms. The molecule has 2 aromatic rings. The van der Waals surface area contributed by atoms with Crippen LogP contribution in [0, 0.1) is 0 Å². The quantitative estimate of drug-likeness (QED) is 0.830. The van der Waals surface area contributed by atoms with Crippen molar-refractivity contribution in [1.29, 1.82) is 0 Å². The normalized spacial score (nSPS) is 12.4. The van der Waals surface area contributed by atoms with Gasteiger partial charge in [-0.25, -0.2) is 0 Å². The van der Waals surface area contributed by atoms with Crippen LogP contribution in [0.1, 0.15) is 32.1 Å². The maximum absolute atomic E-state index is 6.14. The van der Waals surface area contributed by atoms with Gasteiger partial charge in [0, 0.05) is 16.0 Å². The topological polar surface area (TPSA) is 39.2 Å². The predicted molar refractivity (Wildman–Crippen MR) is 72.8 cm³/mol. The fourth-order valence-corrected chi connectivity index (χ4v) is 2.67. The molecule has 2 nitrogen and oxygen atoms in total. The number of halogens is 2. The third kappa shape index (κ3) is 2.17. The molecule has 1 aromatic heterocycles. The fourth-order valence-electron chi connectivity index (χ4n) is 2.14. The van der Waals surface area contributed by atoms with Gasteiger partial charge in [0.05, 0.1) is 11.6 Å². The second-order valence-electron chi connectivity index (χ2n) is 5.12. The number of hydrogen-bond acceptors (Lipinski definition) is 2. The molecule has 0 unspecified atom stereocenters. The molecule has 4 heteroatoms. The van der Waals surface area contributed by atoms with Crippen LogP contribution in [0.5, 0.6) is 0 Å². The van der Waals surface area contributed by atoms with Crippen molar-refractivity contribution in [2.45, 2.75) is 32.7 Å². The Hall–Kier alpha value is -0.700. The van der Waals surface area contributed by atoms with Crippen molar-refractivity contribution in [3.8, 4) is 0 Å². The SMILES string of the molecule is CC(C)(C)c1c(CN)oc2c(Cl)cc(Cl)cc12. The molecule has 0 radical (unpaired) electrons. The molecule has 0 saturated heterocycles. The van der Waals surface area contributed by atoms with Crippen molar-refractivity contribution in [2.75, 3.05) is 0 Å². The standard InChI is InChI=1S/C13H15Cl2NO/c1-13(2,3)11-8-4-7(14)5-9(15)12(8)17-10(11)6-16/h4-5H,6,16H2,1-3H3. The Labute approximate surface area is 111 Å². The minimum absolute atomic E-state index is 0.0615. The number of fused-ring (bicyclic) bond motifs is 1. The second-order valence-corrected chi connectivity index (χ2v) is 5.96. The van der Waals surface area contributed by atoms with E-state index in [1.165, 1.54) is 0 Å². The summed E-state index contributed by atoms with van der Waals surface area (Å²) < 4.78 is 5.75. The summed E-state index contributed by atoms with van der Waals surface area (Å²) >= 11 is 12.2. The Balaban J connectivity index is 2.88. The number of hydrogen-bond donors (Lipinski definition) is 1. The summed E-state index contributed by atoms with van der Waals surface area (Å²) in [4.78, 5) is 0. The van der Waals surface area contributed by atoms with Crippen LogP contribution in [0.2, 0.25) is 10.0 Å². The van der Waals surface area contributed by atoms with Crippen LogP contribution in [0.25, 0.3) is 11.0 Å². The Kier molecular flexibility index (Phi) is 3.15. The molecule has 2 rings (SSSR count). The second kappa shape index (κ2) is 4.20. The Morgan fingerprint density at radius 2 is 1.88 bits per heavy atom. The number of benzene rings is 1. The molecule has 1 aromatic carbocycles. The summed E-state index contributed by atoms with van der Waals surface area (Å²) in [6.45, 7) is 6.71. The first-order valence-electron chi connectivity index (χ1n) is 5.45. The lowest BCUT2D eigenvalue weighted by Gasteiger charge is -2.18. The summed E-state index contributed by atoms with van der Waals surface area (Å²) in [5, 5.41) is 2.09. The molecule has 0 aliphatic heterocycles. The lowest BCUT2D eigenvalue weighted by molar-refractivity contribution is 0.511. The molecule has 1 heterocycles. The first-order valence-corrected chi connectivity index (χ1v) is 6.21. The van der Waals surface area contributed by atoms with Crippen LogP contribution in [-0.2, 0) is 12.0 Å². The molecule has 0 aliphatic carbocycles. The Morgan fingerprint density at radius 1 is 1.24 bits per heavy atom. The van der Waals surface area contributed by atoms with E-state index in [0.29, 0.717) is 22.2 Å². The van der Waals surface area contributed by atoms with Crippen LogP contribution in [0.3, 0.4) is 0 Å². The van der Waals surface area contributed by atoms with Gasteiger partial charge in [-0.15, -0.1) is 0 Å². The summed E-state index contributed by atoms with van der Waals surface area (Å²) in [6.07, 6.45) is 0. The van der Waals surface area contributed by atoms with Crippen molar-refractivity contribution >= 4 is 34.2 Å². The van der Waals surface area contributed by atoms with E-state index in [1.54, 1.807) is 6.07 Å². The zero-order chi connectivity index (χ0) is 12.8. The molecule has 2 N–H and O–H groups in total. The first kappa shape index (κ1) is 12.7. The van der Waals surface area contributed by atoms with Crippen LogP contribution < -0.4 is 5.73 Å². The van der Waals surface area contributed by atoms with Gasteiger partial charge in [0.1, 0.15) is 5.76 Å². The molecule has 92 valence electrons. The van der Waals surface area contributed by atoms with Gasteiger partial charge >= 0.3 is 0 Å². The van der Waals surface area contributed by atoms with Crippen LogP contribution in [-0.4, -0.2) is 0 Å². The van der Waals surface area contributed by atoms with Gasteiger partial charge in [-0.05, 0) is 17.5 Å². The van der Waals surface area contributed by atoms with Crippen LogP contribution in [0.15, 0.2) is 16.5 Å². The number of rotatable bonds is 1. The molecular weight excluding hydrogens is 257 g/mol. The smallest absolute Gasteiger partial charge is 0.153 e. The minimum atomic E-state index is -0.0615. The van der Waals surface area contributed by atoms with Crippen molar-refractivity contribution in [3.05, 3.63) is 33.5 Å². The van der Waals surface area contributed by atoms with Crippen LogP contribution in [0.4, 0.5) is 0 Å². The highest BCUT2D eigenvalue weighted by Crippen LogP contribution is 2.39. The van der Waals surface area contributed by atoms with Gasteiger partial charge in [-0.1, -0.05) is 44.0 Å². The van der Waals surface area contributed by atoms with E-state index >= 15 is 0 Å². The molecule has 0 aliphatic rings. The fraction of sp³-hybridized carbons (Fsp3) is 0.385. The van der Waals surface area contributed by atoms with Crippen molar-refractivity contribution < 1.29 is 4.42 Å². The van der Waals surface area contributed by atoms with Gasteiger partial charge in [-0.3, -0.25) is 0 Å². The summed E-state index contributed by atoms with van der Waals surface area (Å²) in [5.41, 5.74) is 7.42. The maximum Gasteiger partial charge on any atom is 0.153 e. The zero-order valence-corrected chi connectivity index (χ0v) is 11.6. The molecule has 0 spiro atoms. The average molecular weight is 272 g/mol. The van der Waals surface area contributed by atoms with E-state index in [1.807, 2.05) is 6.07 Å². The Morgan fingerprint density at radius 3 is 2.41 bits per heavy atom. The lowest BCUT2D eigenvalue weighted by atomic mass is 9.85. The molecule has 0 saturated carbocycles. The van der Waals surface area contributed by atoms with Gasteiger partial charge in [0.25, 0.3) is 0 Å². The molecule has 17 heavy (non-hydrogen) atoms. The van der Waals surface area contributed by atoms with Gasteiger partial charge < -0.3 is 10.2 Å². The van der Waals surface area contributed by atoms with Gasteiger partial charge in [0.2, 0.25) is 0 Å². The van der Waals surface area contributed by atoms with Crippen molar-refractivity contribution in [3.63, 3.8) is 0 Å². The number of nitrogens with two attached hydrogens (primary N) is 1. The minimum Gasteiger partial charge on any atom is -0.458 e. The molecule has 0 amide bonds. The third-order valence-corrected chi connectivity index (χ3v) is 3.22. The molecule has 0 fully saturated rings. The first-order chi connectivity index (χ1) is 7.84. The van der Waals surface area contributed by atoms with Crippen LogP contribution >= 0.6 is 23.2 Å². The zero-order valence-electron chi connectivity index (χ0n) is 10.1. The monoisotopic (exact) mass is 271 g/mol.